The van der Waals surface area contributed by atoms with Crippen molar-refractivity contribution in [2.45, 2.75) is 13.3 Å². The number of aliphatic hydroxyl groups is 1. The van der Waals surface area contributed by atoms with Crippen molar-refractivity contribution < 1.29 is 14.7 Å². The van der Waals surface area contributed by atoms with Crippen molar-refractivity contribution in [2.75, 3.05) is 49.5 Å². The summed E-state index contributed by atoms with van der Waals surface area (Å²) in [7, 11) is 0. The van der Waals surface area contributed by atoms with Gasteiger partial charge >= 0.3 is 6.03 Å². The molecule has 0 spiro atoms. The molecule has 0 unspecified atom stereocenters. The molecule has 0 aliphatic carbocycles. The van der Waals surface area contributed by atoms with Crippen LogP contribution in [0.3, 0.4) is 0 Å². The van der Waals surface area contributed by atoms with Crippen LogP contribution in [0.4, 0.5) is 16.6 Å². The van der Waals surface area contributed by atoms with E-state index in [0.29, 0.717) is 44.7 Å². The van der Waals surface area contributed by atoms with E-state index in [-0.39, 0.29) is 18.5 Å². The van der Waals surface area contributed by atoms with Gasteiger partial charge in [-0.15, -0.1) is 11.3 Å². The van der Waals surface area contributed by atoms with Crippen LogP contribution in [-0.4, -0.2) is 76.2 Å². The van der Waals surface area contributed by atoms with Crippen LogP contribution in [0.1, 0.15) is 21.7 Å². The summed E-state index contributed by atoms with van der Waals surface area (Å²) in [5, 5.41) is 15.2. The van der Waals surface area contributed by atoms with E-state index in [1.54, 1.807) is 17.5 Å². The number of aryl methyl sites for hydroxylation is 1. The summed E-state index contributed by atoms with van der Waals surface area (Å²) >= 11 is 1.54. The Labute approximate surface area is 224 Å². The molecule has 0 atom stereocenters. The first-order valence-electron chi connectivity index (χ1n) is 12.5. The fraction of sp³-hybridized carbons (Fsp3) is 0.296. The number of urea groups is 1. The lowest BCUT2D eigenvalue weighted by molar-refractivity contribution is 0.0746. The van der Waals surface area contributed by atoms with Crippen LogP contribution in [-0.2, 0) is 0 Å². The van der Waals surface area contributed by atoms with Crippen LogP contribution < -0.4 is 15.5 Å². The predicted octanol–water partition coefficient (Wildman–Crippen LogP) is 3.53. The number of hydrogen-bond donors (Lipinski definition) is 3. The lowest BCUT2D eigenvalue weighted by atomic mass is 10.1. The number of aromatic nitrogens is 3. The molecule has 3 amide bonds. The first kappa shape index (κ1) is 25.6. The molecule has 196 valence electrons. The van der Waals surface area contributed by atoms with Crippen LogP contribution >= 0.6 is 11.3 Å². The van der Waals surface area contributed by atoms with Gasteiger partial charge in [0.2, 0.25) is 5.95 Å². The number of aliphatic hydroxyl groups excluding tert-OH is 1. The second-order valence-electron chi connectivity index (χ2n) is 8.98. The molecular formula is C27H29N7O3S. The fourth-order valence-electron chi connectivity index (χ4n) is 4.35. The maximum absolute atomic E-state index is 13.2. The normalized spacial score (nSPS) is 13.5. The molecule has 3 N–H and O–H groups in total. The van der Waals surface area contributed by atoms with E-state index in [1.165, 1.54) is 0 Å². The highest BCUT2D eigenvalue weighted by molar-refractivity contribution is 7.18. The maximum atomic E-state index is 13.2. The summed E-state index contributed by atoms with van der Waals surface area (Å²) in [4.78, 5) is 44.9. The first-order chi connectivity index (χ1) is 18.5. The van der Waals surface area contributed by atoms with Crippen LogP contribution in [0.5, 0.6) is 0 Å². The summed E-state index contributed by atoms with van der Waals surface area (Å²) in [5.74, 6) is 0.919. The lowest BCUT2D eigenvalue weighted by Gasteiger charge is -2.35. The molecule has 0 bridgehead atoms. The molecule has 1 aliphatic rings. The van der Waals surface area contributed by atoms with Gasteiger partial charge in [-0.05, 0) is 31.5 Å². The highest BCUT2D eigenvalue weighted by Crippen LogP contribution is 2.32. The second kappa shape index (κ2) is 11.5. The molecule has 0 radical (unpaired) electrons. The van der Waals surface area contributed by atoms with E-state index in [0.717, 1.165) is 32.2 Å². The lowest BCUT2D eigenvalue weighted by Crippen LogP contribution is -2.49. The number of amides is 3. The Morgan fingerprint density at radius 3 is 2.55 bits per heavy atom. The molecule has 10 nitrogen and oxygen atoms in total. The summed E-state index contributed by atoms with van der Waals surface area (Å²) in [5.41, 5.74) is 2.41. The predicted molar refractivity (Wildman–Crippen MR) is 149 cm³/mol. The molecule has 1 aromatic carbocycles. The van der Waals surface area contributed by atoms with Crippen molar-refractivity contribution >= 4 is 45.3 Å². The zero-order valence-electron chi connectivity index (χ0n) is 21.1. The highest BCUT2D eigenvalue weighted by atomic mass is 32.1. The minimum Gasteiger partial charge on any atom is -0.396 e. The second-order valence-corrected chi connectivity index (χ2v) is 10.2. The molecule has 1 fully saturated rings. The Hall–Kier alpha value is -4.09. The van der Waals surface area contributed by atoms with Crippen LogP contribution in [0.2, 0.25) is 0 Å². The largest absolute Gasteiger partial charge is 0.396 e. The highest BCUT2D eigenvalue weighted by Gasteiger charge is 2.25. The molecular weight excluding hydrogens is 502 g/mol. The third-order valence-electron chi connectivity index (χ3n) is 6.29. The van der Waals surface area contributed by atoms with Gasteiger partial charge in [0.25, 0.3) is 5.91 Å². The van der Waals surface area contributed by atoms with E-state index in [2.05, 4.69) is 36.6 Å². The first-order valence-corrected chi connectivity index (χ1v) is 13.3. The van der Waals surface area contributed by atoms with Crippen LogP contribution in [0.15, 0.2) is 54.7 Å². The van der Waals surface area contributed by atoms with Gasteiger partial charge in [-0.25, -0.2) is 9.78 Å². The average Bonchev–Trinajstić information content (AvgIpc) is 3.33. The molecule has 1 saturated heterocycles. The van der Waals surface area contributed by atoms with Crippen molar-refractivity contribution in [1.82, 2.24) is 25.2 Å². The van der Waals surface area contributed by atoms with Gasteiger partial charge in [0.15, 0.2) is 0 Å². The molecule has 3 aromatic heterocycles. The Bertz CT molecular complexity index is 1420. The van der Waals surface area contributed by atoms with Crippen molar-refractivity contribution in [3.8, 4) is 11.3 Å². The monoisotopic (exact) mass is 531 g/mol. The third-order valence-corrected chi connectivity index (χ3v) is 7.23. The zero-order valence-corrected chi connectivity index (χ0v) is 21.9. The van der Waals surface area contributed by atoms with Gasteiger partial charge in [-0.2, -0.15) is 4.98 Å². The Balaban J connectivity index is 1.27. The number of piperazine rings is 1. The number of thiophene rings is 1. The van der Waals surface area contributed by atoms with E-state index >= 15 is 0 Å². The number of rotatable bonds is 7. The quantitative estimate of drug-likeness (QED) is 0.312. The minimum absolute atomic E-state index is 0.00531. The minimum atomic E-state index is -0.417. The van der Waals surface area contributed by atoms with Crippen LogP contribution in [0, 0.1) is 6.92 Å². The molecule has 11 heteroatoms. The summed E-state index contributed by atoms with van der Waals surface area (Å²) in [6.45, 7) is 4.66. The van der Waals surface area contributed by atoms with Gasteiger partial charge in [0.05, 0.1) is 16.6 Å². The average molecular weight is 532 g/mol. The Morgan fingerprint density at radius 1 is 1.05 bits per heavy atom. The molecule has 1 aliphatic heterocycles. The van der Waals surface area contributed by atoms with Gasteiger partial charge in [-0.3, -0.25) is 15.1 Å². The van der Waals surface area contributed by atoms with E-state index in [1.807, 2.05) is 54.3 Å². The van der Waals surface area contributed by atoms with Gasteiger partial charge in [0, 0.05) is 56.0 Å². The Morgan fingerprint density at radius 2 is 1.84 bits per heavy atom. The Kier molecular flexibility index (Phi) is 7.75. The van der Waals surface area contributed by atoms with Crippen molar-refractivity contribution in [2.24, 2.45) is 0 Å². The number of nitrogens with one attached hydrogen (secondary N) is 2. The van der Waals surface area contributed by atoms with Crippen LogP contribution in [0.25, 0.3) is 21.5 Å². The SMILES string of the molecule is Cc1cc2c(N3CCN(C(=O)c4ccc(-c5ccccc5)nc4)CC3)nc(NC(=O)NCCCO)nc2s1. The van der Waals surface area contributed by atoms with E-state index in [9.17, 15) is 9.59 Å². The number of nitrogens with zero attached hydrogens (tertiary/aromatic N) is 5. The summed E-state index contributed by atoms with van der Waals surface area (Å²) < 4.78 is 0. The molecule has 4 heterocycles. The van der Waals surface area contributed by atoms with E-state index < -0.39 is 6.03 Å². The molecule has 38 heavy (non-hydrogen) atoms. The molecule has 5 rings (SSSR count). The van der Waals surface area contributed by atoms with Gasteiger partial charge in [0.1, 0.15) is 10.6 Å². The van der Waals surface area contributed by atoms with Gasteiger partial charge in [-0.1, -0.05) is 30.3 Å². The summed E-state index contributed by atoms with van der Waals surface area (Å²) in [6, 6.07) is 15.2. The zero-order chi connectivity index (χ0) is 26.5. The van der Waals surface area contributed by atoms with Gasteiger partial charge < -0.3 is 20.2 Å². The molecule has 4 aromatic rings. The number of hydrogen-bond acceptors (Lipinski definition) is 8. The molecule has 0 saturated carbocycles. The van der Waals surface area contributed by atoms with Crippen molar-refractivity contribution in [3.63, 3.8) is 0 Å². The summed E-state index contributed by atoms with van der Waals surface area (Å²) in [6.07, 6.45) is 2.11. The number of benzene rings is 1. The number of pyridine rings is 1. The van der Waals surface area contributed by atoms with Crippen molar-refractivity contribution in [3.05, 3.63) is 65.2 Å². The number of carbonyl (C=O) groups excluding carboxylic acids is 2. The topological polar surface area (TPSA) is 124 Å². The fourth-order valence-corrected chi connectivity index (χ4v) is 5.23. The maximum Gasteiger partial charge on any atom is 0.321 e. The smallest absolute Gasteiger partial charge is 0.321 e. The number of carbonyl (C=O) groups is 2. The van der Waals surface area contributed by atoms with Crippen molar-refractivity contribution in [1.29, 1.82) is 0 Å². The number of fused-ring (bicyclic) bond motifs is 1. The third kappa shape index (κ3) is 5.74. The van der Waals surface area contributed by atoms with E-state index in [4.69, 9.17) is 5.11 Å². The number of anilines is 2. The standard InChI is InChI=1S/C27H29N7O3S/c1-18-16-21-23(30-26(31-24(21)38-18)32-27(37)28-10-5-15-35)33-11-13-34(14-12-33)25(36)20-8-9-22(29-17-20)19-6-3-2-4-7-19/h2-4,6-9,16-17,35H,5,10-15H2,1H3,(H2,28,30,31,32,37).